The van der Waals surface area contributed by atoms with Crippen LogP contribution in [0.5, 0.6) is 5.75 Å². The third-order valence-electron chi connectivity index (χ3n) is 4.06. The number of carbonyl (C=O) groups is 3. The quantitative estimate of drug-likeness (QED) is 0.792. The van der Waals surface area contributed by atoms with Gasteiger partial charge in [-0.25, -0.2) is 4.79 Å². The smallest absolute Gasteiger partial charge is 0.347 e. The predicted molar refractivity (Wildman–Crippen MR) is 99.5 cm³/mol. The Kier molecular flexibility index (Phi) is 5.71. The average Bonchev–Trinajstić information content (AvgIpc) is 2.70. The Balaban J connectivity index is 1.61. The van der Waals surface area contributed by atoms with Crippen LogP contribution in [0.3, 0.4) is 0 Å². The van der Waals surface area contributed by atoms with Gasteiger partial charge in [0.1, 0.15) is 12.3 Å². The molecule has 140 valence electrons. The summed E-state index contributed by atoms with van der Waals surface area (Å²) in [7, 11) is 0. The summed E-state index contributed by atoms with van der Waals surface area (Å²) < 4.78 is 10.8. The topological polar surface area (TPSA) is 84.9 Å². The zero-order valence-electron chi connectivity index (χ0n) is 14.9. The van der Waals surface area contributed by atoms with Crippen LogP contribution in [0.15, 0.2) is 54.6 Å². The highest BCUT2D eigenvalue weighted by molar-refractivity contribution is 6.10. The summed E-state index contributed by atoms with van der Waals surface area (Å²) in [5.41, 5.74) is 1.12. The minimum absolute atomic E-state index is 0.120. The number of benzene rings is 2. The van der Waals surface area contributed by atoms with Crippen molar-refractivity contribution in [3.05, 3.63) is 54.6 Å². The first-order valence-corrected chi connectivity index (χ1v) is 8.66. The fourth-order valence-electron chi connectivity index (χ4n) is 2.72. The molecular weight excluding hydrogens is 348 g/mol. The summed E-state index contributed by atoms with van der Waals surface area (Å²) in [6.07, 6.45) is -0.409. The molecule has 27 heavy (non-hydrogen) atoms. The molecule has 1 aliphatic heterocycles. The minimum Gasteiger partial charge on any atom is -0.479 e. The number of hydrogen-bond acceptors (Lipinski definition) is 5. The highest BCUT2D eigenvalue weighted by Crippen LogP contribution is 2.28. The van der Waals surface area contributed by atoms with Crippen molar-refractivity contribution in [3.8, 4) is 5.75 Å². The van der Waals surface area contributed by atoms with Gasteiger partial charge >= 0.3 is 5.97 Å². The van der Waals surface area contributed by atoms with Crippen LogP contribution in [0.4, 0.5) is 11.4 Å². The van der Waals surface area contributed by atoms with Crippen molar-refractivity contribution in [2.24, 2.45) is 0 Å². The molecule has 0 saturated carbocycles. The Morgan fingerprint density at radius 2 is 1.81 bits per heavy atom. The lowest BCUT2D eigenvalue weighted by Crippen LogP contribution is -2.44. The molecule has 0 fully saturated rings. The van der Waals surface area contributed by atoms with Gasteiger partial charge in [0.2, 0.25) is 5.91 Å². The van der Waals surface area contributed by atoms with Gasteiger partial charge in [-0.15, -0.1) is 0 Å². The van der Waals surface area contributed by atoms with Gasteiger partial charge in [0.25, 0.3) is 5.91 Å². The normalized spacial score (nSPS) is 14.0. The maximum absolute atomic E-state index is 12.5. The van der Waals surface area contributed by atoms with Crippen LogP contribution >= 0.6 is 0 Å². The molecule has 0 aromatic heterocycles. The molecule has 7 nitrogen and oxygen atoms in total. The second-order valence-electron chi connectivity index (χ2n) is 5.98. The van der Waals surface area contributed by atoms with E-state index >= 15 is 0 Å². The Morgan fingerprint density at radius 3 is 2.56 bits per heavy atom. The monoisotopic (exact) mass is 368 g/mol. The van der Waals surface area contributed by atoms with Crippen molar-refractivity contribution in [1.29, 1.82) is 0 Å². The fourth-order valence-corrected chi connectivity index (χ4v) is 2.72. The molecule has 0 bridgehead atoms. The summed E-state index contributed by atoms with van der Waals surface area (Å²) in [5, 5.41) is 2.70. The van der Waals surface area contributed by atoms with Crippen LogP contribution in [0.1, 0.15) is 13.3 Å². The molecule has 0 unspecified atom stereocenters. The van der Waals surface area contributed by atoms with Gasteiger partial charge in [-0.3, -0.25) is 14.5 Å². The molecule has 2 aromatic carbocycles. The summed E-state index contributed by atoms with van der Waals surface area (Å²) >= 11 is 0. The molecule has 3 rings (SSSR count). The third-order valence-corrected chi connectivity index (χ3v) is 4.06. The molecular formula is C20H20N2O5. The van der Waals surface area contributed by atoms with Gasteiger partial charge < -0.3 is 14.8 Å². The Bertz CT molecular complexity index is 837. The predicted octanol–water partition coefficient (Wildman–Crippen LogP) is 2.37. The molecule has 1 heterocycles. The molecule has 1 aliphatic rings. The van der Waals surface area contributed by atoms with Gasteiger partial charge in [0.05, 0.1) is 11.4 Å². The second-order valence-corrected chi connectivity index (χ2v) is 5.98. The summed E-state index contributed by atoms with van der Waals surface area (Å²) in [4.78, 5) is 37.9. The molecule has 0 aliphatic carbocycles. The highest BCUT2D eigenvalue weighted by Gasteiger charge is 2.28. The number of carbonyl (C=O) groups excluding carboxylic acids is 3. The maximum atomic E-state index is 12.5. The number of rotatable bonds is 6. The van der Waals surface area contributed by atoms with Crippen molar-refractivity contribution in [2.75, 3.05) is 23.4 Å². The number of esters is 1. The SMILES string of the molecule is CC[C@H](Oc1ccccc1)C(=O)OCC(=O)N1CC(=O)Nc2ccccc21. The van der Waals surface area contributed by atoms with Crippen molar-refractivity contribution >= 4 is 29.2 Å². The van der Waals surface area contributed by atoms with Crippen molar-refractivity contribution in [3.63, 3.8) is 0 Å². The number of nitrogens with one attached hydrogen (secondary N) is 1. The maximum Gasteiger partial charge on any atom is 0.347 e. The van der Waals surface area contributed by atoms with E-state index in [1.165, 1.54) is 4.90 Å². The Labute approximate surface area is 156 Å². The zero-order chi connectivity index (χ0) is 19.2. The molecule has 2 aromatic rings. The van der Waals surface area contributed by atoms with Gasteiger partial charge in [-0.1, -0.05) is 37.3 Å². The van der Waals surface area contributed by atoms with E-state index in [9.17, 15) is 14.4 Å². The van der Waals surface area contributed by atoms with E-state index in [1.807, 2.05) is 6.07 Å². The Morgan fingerprint density at radius 1 is 1.11 bits per heavy atom. The number of anilines is 2. The van der Waals surface area contributed by atoms with Crippen molar-refractivity contribution < 1.29 is 23.9 Å². The van der Waals surface area contributed by atoms with Crippen LogP contribution in [0.2, 0.25) is 0 Å². The lowest BCUT2D eigenvalue weighted by atomic mass is 10.2. The third kappa shape index (κ3) is 4.44. The molecule has 1 N–H and O–H groups in total. The first-order chi connectivity index (χ1) is 13.1. The van der Waals surface area contributed by atoms with Gasteiger partial charge in [-0.05, 0) is 30.7 Å². The van der Waals surface area contributed by atoms with Gasteiger partial charge in [0.15, 0.2) is 12.7 Å². The van der Waals surface area contributed by atoms with Crippen LogP contribution in [0, 0.1) is 0 Å². The molecule has 2 amide bonds. The number of amides is 2. The molecule has 0 radical (unpaired) electrons. The number of hydrogen-bond donors (Lipinski definition) is 1. The number of fused-ring (bicyclic) bond motifs is 1. The Hall–Kier alpha value is -3.35. The molecule has 0 saturated heterocycles. The van der Waals surface area contributed by atoms with Crippen molar-refractivity contribution in [1.82, 2.24) is 0 Å². The van der Waals surface area contributed by atoms with E-state index in [0.717, 1.165) is 0 Å². The first kappa shape index (κ1) is 18.4. The van der Waals surface area contributed by atoms with E-state index in [0.29, 0.717) is 23.5 Å². The van der Waals surface area contributed by atoms with Crippen LogP contribution in [-0.4, -0.2) is 37.0 Å². The molecule has 7 heteroatoms. The van der Waals surface area contributed by atoms with Gasteiger partial charge in [0, 0.05) is 0 Å². The average molecular weight is 368 g/mol. The highest BCUT2D eigenvalue weighted by atomic mass is 16.6. The summed E-state index contributed by atoms with van der Waals surface area (Å²) in [5.74, 6) is -0.842. The van der Waals surface area contributed by atoms with Crippen molar-refractivity contribution in [2.45, 2.75) is 19.4 Å². The van der Waals surface area contributed by atoms with E-state index in [2.05, 4.69) is 5.32 Å². The lowest BCUT2D eigenvalue weighted by Gasteiger charge is -2.29. The lowest BCUT2D eigenvalue weighted by molar-refractivity contribution is -0.155. The number of nitrogens with zero attached hydrogens (tertiary/aromatic N) is 1. The first-order valence-electron chi connectivity index (χ1n) is 8.66. The van der Waals surface area contributed by atoms with E-state index in [4.69, 9.17) is 9.47 Å². The second kappa shape index (κ2) is 8.35. The van der Waals surface area contributed by atoms with E-state index in [-0.39, 0.29) is 12.5 Å². The van der Waals surface area contributed by atoms with E-state index in [1.54, 1.807) is 55.5 Å². The number of ether oxygens (including phenoxy) is 2. The summed E-state index contributed by atoms with van der Waals surface area (Å²) in [6.45, 7) is 1.21. The van der Waals surface area contributed by atoms with Crippen LogP contribution in [0.25, 0.3) is 0 Å². The number of para-hydroxylation sites is 3. The fraction of sp³-hybridized carbons (Fsp3) is 0.250. The minimum atomic E-state index is -0.808. The standard InChI is InChI=1S/C20H20N2O5/c1-2-17(27-14-8-4-3-5-9-14)20(25)26-13-19(24)22-12-18(23)21-15-10-6-7-11-16(15)22/h3-11,17H,2,12-13H2,1H3,(H,21,23)/t17-/m0/s1. The van der Waals surface area contributed by atoms with Crippen LogP contribution in [-0.2, 0) is 19.1 Å². The zero-order valence-corrected chi connectivity index (χ0v) is 14.9. The molecule has 0 spiro atoms. The van der Waals surface area contributed by atoms with Gasteiger partial charge in [-0.2, -0.15) is 0 Å². The summed E-state index contributed by atoms with van der Waals surface area (Å²) in [6, 6.07) is 15.9. The largest absolute Gasteiger partial charge is 0.479 e. The molecule has 1 atom stereocenters. The van der Waals surface area contributed by atoms with E-state index < -0.39 is 24.6 Å². The van der Waals surface area contributed by atoms with Crippen LogP contribution < -0.4 is 15.0 Å².